The topological polar surface area (TPSA) is 43.8 Å². The second-order valence-corrected chi connectivity index (χ2v) is 5.85. The minimum absolute atomic E-state index is 0.108. The normalized spacial score (nSPS) is 12.3. The van der Waals surface area contributed by atoms with Gasteiger partial charge in [0.05, 0.1) is 11.0 Å². The lowest BCUT2D eigenvalue weighted by atomic mass is 9.89. The van der Waals surface area contributed by atoms with Crippen LogP contribution in [0.4, 0.5) is 0 Å². The first-order valence-electron chi connectivity index (χ1n) is 7.23. The molecule has 0 aliphatic carbocycles. The van der Waals surface area contributed by atoms with Crippen molar-refractivity contribution in [3.8, 4) is 0 Å². The number of benzene rings is 1. The molecule has 3 nitrogen and oxygen atoms in total. The summed E-state index contributed by atoms with van der Waals surface area (Å²) in [7, 11) is 0. The maximum absolute atomic E-state index is 5.72. The molecule has 0 unspecified atom stereocenters. The Hall–Kier alpha value is -1.35. The van der Waals surface area contributed by atoms with Crippen LogP contribution in [0.25, 0.3) is 11.0 Å². The summed E-state index contributed by atoms with van der Waals surface area (Å²) < 4.78 is 2.37. The number of fused-ring (bicyclic) bond motifs is 1. The maximum atomic E-state index is 5.72. The molecule has 1 heterocycles. The number of rotatable bonds is 5. The van der Waals surface area contributed by atoms with Crippen molar-refractivity contribution < 1.29 is 0 Å². The number of nitrogens with zero attached hydrogens (tertiary/aromatic N) is 2. The molecule has 1 aromatic carbocycles. The van der Waals surface area contributed by atoms with E-state index in [0.29, 0.717) is 6.54 Å². The molecule has 0 radical (unpaired) electrons. The molecular weight excluding hydrogens is 234 g/mol. The van der Waals surface area contributed by atoms with Crippen LogP contribution in [0, 0.1) is 0 Å². The molecule has 0 aliphatic heterocycles. The zero-order valence-electron chi connectivity index (χ0n) is 12.5. The monoisotopic (exact) mass is 259 g/mol. The minimum atomic E-state index is 0.108. The fourth-order valence-corrected chi connectivity index (χ4v) is 2.43. The van der Waals surface area contributed by atoms with Gasteiger partial charge in [-0.15, -0.1) is 0 Å². The zero-order valence-corrected chi connectivity index (χ0v) is 12.5. The average Bonchev–Trinajstić information content (AvgIpc) is 2.78. The molecule has 19 heavy (non-hydrogen) atoms. The molecule has 1 aromatic heterocycles. The van der Waals surface area contributed by atoms with Crippen LogP contribution in [-0.2, 0) is 18.5 Å². The molecule has 0 bridgehead atoms. The lowest BCUT2D eigenvalue weighted by molar-refractivity contribution is 0.445. The molecule has 2 N–H and O–H groups in total. The Morgan fingerprint density at radius 1 is 1.26 bits per heavy atom. The third kappa shape index (κ3) is 2.52. The minimum Gasteiger partial charge on any atom is -0.328 e. The predicted molar refractivity (Wildman–Crippen MR) is 81.2 cm³/mol. The molecule has 0 fully saturated rings. The lowest BCUT2D eigenvalue weighted by Crippen LogP contribution is -2.22. The second-order valence-electron chi connectivity index (χ2n) is 5.85. The van der Waals surface area contributed by atoms with Gasteiger partial charge in [-0.25, -0.2) is 4.98 Å². The summed E-state index contributed by atoms with van der Waals surface area (Å²) in [5.41, 5.74) is 9.29. The highest BCUT2D eigenvalue weighted by molar-refractivity contribution is 5.77. The first-order valence-corrected chi connectivity index (χ1v) is 7.23. The Morgan fingerprint density at radius 2 is 2.00 bits per heavy atom. The molecule has 0 aliphatic rings. The first kappa shape index (κ1) is 14.1. The van der Waals surface area contributed by atoms with Gasteiger partial charge < -0.3 is 10.3 Å². The SMILES string of the molecule is CCCn1c(C(C)(C)CC)nc2cc(CN)ccc21. The summed E-state index contributed by atoms with van der Waals surface area (Å²) in [6, 6.07) is 6.39. The van der Waals surface area contributed by atoms with Crippen LogP contribution in [0.2, 0.25) is 0 Å². The number of hydrogen-bond acceptors (Lipinski definition) is 2. The third-order valence-corrected chi connectivity index (χ3v) is 3.98. The van der Waals surface area contributed by atoms with Crippen LogP contribution in [0.5, 0.6) is 0 Å². The van der Waals surface area contributed by atoms with Crippen molar-refractivity contribution in [3.63, 3.8) is 0 Å². The van der Waals surface area contributed by atoms with Gasteiger partial charge >= 0.3 is 0 Å². The number of aromatic nitrogens is 2. The zero-order chi connectivity index (χ0) is 14.0. The molecule has 2 aromatic rings. The van der Waals surface area contributed by atoms with E-state index in [9.17, 15) is 0 Å². The molecular formula is C16H25N3. The summed E-state index contributed by atoms with van der Waals surface area (Å²) >= 11 is 0. The quantitative estimate of drug-likeness (QED) is 0.891. The average molecular weight is 259 g/mol. The van der Waals surface area contributed by atoms with E-state index in [4.69, 9.17) is 10.7 Å². The van der Waals surface area contributed by atoms with Gasteiger partial charge in [0.15, 0.2) is 0 Å². The van der Waals surface area contributed by atoms with Crippen molar-refractivity contribution in [1.82, 2.24) is 9.55 Å². The highest BCUT2D eigenvalue weighted by atomic mass is 15.1. The third-order valence-electron chi connectivity index (χ3n) is 3.98. The summed E-state index contributed by atoms with van der Waals surface area (Å²) in [5.74, 6) is 1.20. The summed E-state index contributed by atoms with van der Waals surface area (Å²) in [6.45, 7) is 10.6. The van der Waals surface area contributed by atoms with Gasteiger partial charge in [0, 0.05) is 18.5 Å². The van der Waals surface area contributed by atoms with Crippen LogP contribution in [0.1, 0.15) is 51.9 Å². The molecule has 0 spiro atoms. The van der Waals surface area contributed by atoms with Gasteiger partial charge in [-0.1, -0.05) is 33.8 Å². The maximum Gasteiger partial charge on any atom is 0.115 e. The van der Waals surface area contributed by atoms with Crippen LogP contribution < -0.4 is 5.73 Å². The van der Waals surface area contributed by atoms with E-state index in [-0.39, 0.29) is 5.41 Å². The van der Waals surface area contributed by atoms with Crippen LogP contribution in [0.15, 0.2) is 18.2 Å². The highest BCUT2D eigenvalue weighted by Gasteiger charge is 2.25. The van der Waals surface area contributed by atoms with Gasteiger partial charge in [0.25, 0.3) is 0 Å². The Morgan fingerprint density at radius 3 is 2.58 bits per heavy atom. The van der Waals surface area contributed by atoms with Crippen LogP contribution in [0.3, 0.4) is 0 Å². The summed E-state index contributed by atoms with van der Waals surface area (Å²) in [6.07, 6.45) is 2.21. The fourth-order valence-electron chi connectivity index (χ4n) is 2.43. The van der Waals surface area contributed by atoms with Gasteiger partial charge in [0.2, 0.25) is 0 Å². The van der Waals surface area contributed by atoms with Crippen molar-refractivity contribution in [2.24, 2.45) is 5.73 Å². The number of aryl methyl sites for hydroxylation is 1. The first-order chi connectivity index (χ1) is 9.03. The standard InChI is InChI=1S/C16H25N3/c1-5-9-19-14-8-7-12(11-17)10-13(14)18-15(19)16(3,4)6-2/h7-8,10H,5-6,9,11,17H2,1-4H3. The van der Waals surface area contributed by atoms with Crippen molar-refractivity contribution >= 4 is 11.0 Å². The van der Waals surface area contributed by atoms with E-state index in [1.54, 1.807) is 0 Å². The number of nitrogens with two attached hydrogens (primary N) is 1. The van der Waals surface area contributed by atoms with E-state index in [0.717, 1.165) is 30.5 Å². The van der Waals surface area contributed by atoms with Crippen LogP contribution >= 0.6 is 0 Å². The summed E-state index contributed by atoms with van der Waals surface area (Å²) in [5, 5.41) is 0. The van der Waals surface area contributed by atoms with Gasteiger partial charge in [-0.3, -0.25) is 0 Å². The Balaban J connectivity index is 2.65. The Kier molecular flexibility index (Phi) is 3.95. The largest absolute Gasteiger partial charge is 0.328 e. The Labute approximate surface area is 115 Å². The molecule has 0 amide bonds. The molecule has 3 heteroatoms. The second kappa shape index (κ2) is 5.33. The fraction of sp³-hybridized carbons (Fsp3) is 0.562. The van der Waals surface area contributed by atoms with Gasteiger partial charge in [0.1, 0.15) is 5.82 Å². The highest BCUT2D eigenvalue weighted by Crippen LogP contribution is 2.30. The predicted octanol–water partition coefficient (Wildman–Crippen LogP) is 3.59. The van der Waals surface area contributed by atoms with Crippen molar-refractivity contribution in [3.05, 3.63) is 29.6 Å². The van der Waals surface area contributed by atoms with E-state index in [1.165, 1.54) is 11.3 Å². The summed E-state index contributed by atoms with van der Waals surface area (Å²) in [4.78, 5) is 4.89. The van der Waals surface area contributed by atoms with E-state index in [1.807, 2.05) is 0 Å². The van der Waals surface area contributed by atoms with Crippen LogP contribution in [-0.4, -0.2) is 9.55 Å². The van der Waals surface area contributed by atoms with Gasteiger partial charge in [-0.05, 0) is 30.5 Å². The smallest absolute Gasteiger partial charge is 0.115 e. The molecule has 0 atom stereocenters. The van der Waals surface area contributed by atoms with E-state index in [2.05, 4.69) is 50.5 Å². The van der Waals surface area contributed by atoms with Crippen molar-refractivity contribution in [2.45, 2.75) is 59.0 Å². The molecule has 0 saturated carbocycles. The van der Waals surface area contributed by atoms with Gasteiger partial charge in [-0.2, -0.15) is 0 Å². The molecule has 0 saturated heterocycles. The Bertz CT molecular complexity index is 567. The van der Waals surface area contributed by atoms with Crippen molar-refractivity contribution in [1.29, 1.82) is 0 Å². The lowest BCUT2D eigenvalue weighted by Gasteiger charge is -2.23. The molecule has 2 rings (SSSR count). The van der Waals surface area contributed by atoms with E-state index >= 15 is 0 Å². The van der Waals surface area contributed by atoms with E-state index < -0.39 is 0 Å². The molecule has 104 valence electrons. The number of imidazole rings is 1. The number of hydrogen-bond donors (Lipinski definition) is 1. The van der Waals surface area contributed by atoms with Crippen molar-refractivity contribution in [2.75, 3.05) is 0 Å².